The van der Waals surface area contributed by atoms with Crippen molar-refractivity contribution in [3.05, 3.63) is 80.6 Å². The number of carbonyl (C=O) groups excluding carboxylic acids is 1. The summed E-state index contributed by atoms with van der Waals surface area (Å²) in [6.45, 7) is 0. The molecule has 0 fully saturated rings. The van der Waals surface area contributed by atoms with Crippen molar-refractivity contribution in [1.82, 2.24) is 5.43 Å². The highest BCUT2D eigenvalue weighted by atomic mass is 35.5. The fourth-order valence-corrected chi connectivity index (χ4v) is 2.65. The van der Waals surface area contributed by atoms with Crippen LogP contribution in [-0.2, 0) is 0 Å². The molecule has 30 heavy (non-hydrogen) atoms. The minimum Gasteiger partial charge on any atom is -0.507 e. The van der Waals surface area contributed by atoms with E-state index in [9.17, 15) is 24.8 Å². The molecule has 0 saturated carbocycles. The molecule has 1 heterocycles. The Bertz CT molecular complexity index is 1190. The third-order valence-corrected chi connectivity index (χ3v) is 4.23. The normalized spacial score (nSPS) is 10.8. The number of phenolic OH excluding ortho intramolecular Hbond substituents is 1. The van der Waals surface area contributed by atoms with Crippen LogP contribution in [-0.4, -0.2) is 33.2 Å². The highest BCUT2D eigenvalue weighted by Crippen LogP contribution is 2.27. The lowest BCUT2D eigenvalue weighted by atomic mass is 10.1. The second-order valence-corrected chi connectivity index (χ2v) is 6.27. The molecule has 10 nitrogen and oxygen atoms in total. The third-order valence-electron chi connectivity index (χ3n) is 3.90. The molecule has 3 aromatic rings. The van der Waals surface area contributed by atoms with Crippen molar-refractivity contribution in [2.24, 2.45) is 5.10 Å². The van der Waals surface area contributed by atoms with Crippen LogP contribution < -0.4 is 5.43 Å². The number of phenols is 1. The molecule has 11 heteroatoms. The van der Waals surface area contributed by atoms with Gasteiger partial charge in [0.25, 0.3) is 11.6 Å². The summed E-state index contributed by atoms with van der Waals surface area (Å²) < 4.78 is 5.53. The summed E-state index contributed by atoms with van der Waals surface area (Å²) in [5.74, 6) is -1.89. The molecule has 0 atom stereocenters. The summed E-state index contributed by atoms with van der Waals surface area (Å²) in [6, 6.07) is 10.5. The number of carboxylic acid groups (broad SMARTS) is 1. The highest BCUT2D eigenvalue weighted by Gasteiger charge is 2.16. The minimum absolute atomic E-state index is 0.0789. The number of aromatic hydroxyl groups is 1. The molecule has 2 aromatic carbocycles. The number of furan rings is 1. The molecule has 3 N–H and O–H groups in total. The van der Waals surface area contributed by atoms with Crippen molar-refractivity contribution in [1.29, 1.82) is 0 Å². The maximum absolute atomic E-state index is 12.1. The second-order valence-electron chi connectivity index (χ2n) is 5.86. The van der Waals surface area contributed by atoms with Gasteiger partial charge in [-0.1, -0.05) is 11.6 Å². The molecule has 0 radical (unpaired) electrons. The number of carboxylic acids is 1. The Morgan fingerprint density at radius 3 is 2.60 bits per heavy atom. The zero-order valence-electron chi connectivity index (χ0n) is 14.9. The highest BCUT2D eigenvalue weighted by molar-refractivity contribution is 6.33. The fourth-order valence-electron chi connectivity index (χ4n) is 2.45. The van der Waals surface area contributed by atoms with Crippen molar-refractivity contribution >= 4 is 35.4 Å². The van der Waals surface area contributed by atoms with Crippen LogP contribution >= 0.6 is 11.6 Å². The van der Waals surface area contributed by atoms with Gasteiger partial charge < -0.3 is 14.6 Å². The molecule has 3 rings (SSSR count). The maximum atomic E-state index is 12.1. The van der Waals surface area contributed by atoms with E-state index < -0.39 is 22.5 Å². The van der Waals surface area contributed by atoms with Gasteiger partial charge in [-0.15, -0.1) is 0 Å². The Hall–Kier alpha value is -4.18. The van der Waals surface area contributed by atoms with Gasteiger partial charge in [0.2, 0.25) is 0 Å². The van der Waals surface area contributed by atoms with E-state index in [1.165, 1.54) is 24.4 Å². The molecule has 0 unspecified atom stereocenters. The largest absolute Gasteiger partial charge is 0.507 e. The predicted molar refractivity (Wildman–Crippen MR) is 106 cm³/mol. The zero-order valence-corrected chi connectivity index (χ0v) is 15.7. The number of nitro groups is 1. The summed E-state index contributed by atoms with van der Waals surface area (Å²) in [5.41, 5.74) is 1.85. The number of carbonyl (C=O) groups is 2. The summed E-state index contributed by atoms with van der Waals surface area (Å²) >= 11 is 5.84. The number of nitrogens with zero attached hydrogens (tertiary/aromatic N) is 2. The number of nitro benzene ring substituents is 1. The molecular weight excluding hydrogens is 418 g/mol. The molecule has 0 bridgehead atoms. The number of benzene rings is 2. The van der Waals surface area contributed by atoms with Gasteiger partial charge in [-0.2, -0.15) is 5.10 Å². The Balaban J connectivity index is 1.73. The van der Waals surface area contributed by atoms with Crippen LogP contribution in [0.15, 0.2) is 58.0 Å². The van der Waals surface area contributed by atoms with Crippen molar-refractivity contribution in [3.63, 3.8) is 0 Å². The van der Waals surface area contributed by atoms with Gasteiger partial charge in [-0.05, 0) is 36.4 Å². The molecule has 1 aromatic heterocycles. The predicted octanol–water partition coefficient (Wildman–Crippen LogP) is 3.68. The Labute approximate surface area is 173 Å². The van der Waals surface area contributed by atoms with Crippen LogP contribution in [0.2, 0.25) is 5.02 Å². The number of hydrogen-bond donors (Lipinski definition) is 3. The smallest absolute Gasteiger partial charge is 0.337 e. The van der Waals surface area contributed by atoms with Gasteiger partial charge in [0.1, 0.15) is 17.3 Å². The number of rotatable bonds is 6. The summed E-state index contributed by atoms with van der Waals surface area (Å²) in [5, 5.41) is 33.4. The third kappa shape index (κ3) is 4.45. The average molecular weight is 430 g/mol. The lowest BCUT2D eigenvalue weighted by molar-refractivity contribution is -0.384. The van der Waals surface area contributed by atoms with E-state index in [2.05, 4.69) is 10.5 Å². The molecule has 0 spiro atoms. The number of aromatic carboxylic acids is 1. The first-order chi connectivity index (χ1) is 14.3. The fraction of sp³-hybridized carbons (Fsp3) is 0. The SMILES string of the molecule is O=C(N/N=C\c1ccc(-c2ccc(Cl)c(C(=O)O)c2)o1)c1cc([N+](=O)[O-])ccc1O. The number of amides is 1. The van der Waals surface area contributed by atoms with Crippen LogP contribution in [0, 0.1) is 10.1 Å². The maximum Gasteiger partial charge on any atom is 0.337 e. The van der Waals surface area contributed by atoms with Crippen molar-refractivity contribution < 1.29 is 29.1 Å². The van der Waals surface area contributed by atoms with E-state index in [1.54, 1.807) is 12.1 Å². The summed E-state index contributed by atoms with van der Waals surface area (Å²) in [4.78, 5) is 33.4. The van der Waals surface area contributed by atoms with E-state index >= 15 is 0 Å². The quantitative estimate of drug-likeness (QED) is 0.306. The lowest BCUT2D eigenvalue weighted by Gasteiger charge is -2.02. The van der Waals surface area contributed by atoms with Crippen LogP contribution in [0.1, 0.15) is 26.5 Å². The Morgan fingerprint density at radius 1 is 1.13 bits per heavy atom. The molecule has 152 valence electrons. The number of non-ortho nitro benzene ring substituents is 1. The van der Waals surface area contributed by atoms with Crippen molar-refractivity contribution in [2.75, 3.05) is 0 Å². The molecule has 0 aliphatic heterocycles. The molecule has 0 aliphatic carbocycles. The molecular formula is C19H12ClN3O7. The van der Waals surface area contributed by atoms with E-state index in [4.69, 9.17) is 21.1 Å². The van der Waals surface area contributed by atoms with Crippen molar-refractivity contribution in [3.8, 4) is 17.1 Å². The first-order valence-corrected chi connectivity index (χ1v) is 8.58. The van der Waals surface area contributed by atoms with E-state index in [0.29, 0.717) is 11.3 Å². The topological polar surface area (TPSA) is 155 Å². The monoisotopic (exact) mass is 429 g/mol. The van der Waals surface area contributed by atoms with Gasteiger partial charge in [0, 0.05) is 17.7 Å². The van der Waals surface area contributed by atoms with Crippen LogP contribution in [0.4, 0.5) is 5.69 Å². The van der Waals surface area contributed by atoms with Gasteiger partial charge in [-0.25, -0.2) is 10.2 Å². The van der Waals surface area contributed by atoms with Gasteiger partial charge >= 0.3 is 5.97 Å². The first-order valence-electron chi connectivity index (χ1n) is 8.20. The summed E-state index contributed by atoms with van der Waals surface area (Å²) in [7, 11) is 0. The van der Waals surface area contributed by atoms with Gasteiger partial charge in [-0.3, -0.25) is 14.9 Å². The Kier molecular flexibility index (Phi) is 5.79. The summed E-state index contributed by atoms with van der Waals surface area (Å²) in [6.07, 6.45) is 1.17. The van der Waals surface area contributed by atoms with E-state index in [-0.39, 0.29) is 27.6 Å². The standard InChI is InChI=1S/C19H12ClN3O7/c20-15-4-1-10(7-13(15)19(26)27)17-6-3-12(30-17)9-21-22-18(25)14-8-11(23(28)29)2-5-16(14)24/h1-9,24H,(H,22,25)(H,26,27)/b21-9-. The Morgan fingerprint density at radius 2 is 1.90 bits per heavy atom. The van der Waals surface area contributed by atoms with E-state index in [1.807, 2.05) is 0 Å². The van der Waals surface area contributed by atoms with Gasteiger partial charge in [0.05, 0.1) is 27.3 Å². The number of hydrazone groups is 1. The zero-order chi connectivity index (χ0) is 21.8. The molecule has 1 amide bonds. The number of halogens is 1. The molecule has 0 saturated heterocycles. The first kappa shape index (κ1) is 20.6. The van der Waals surface area contributed by atoms with Crippen LogP contribution in [0.5, 0.6) is 5.75 Å². The minimum atomic E-state index is -1.18. The molecule has 0 aliphatic rings. The van der Waals surface area contributed by atoms with Gasteiger partial charge in [0.15, 0.2) is 0 Å². The van der Waals surface area contributed by atoms with Crippen LogP contribution in [0.25, 0.3) is 11.3 Å². The van der Waals surface area contributed by atoms with E-state index in [0.717, 1.165) is 18.2 Å². The number of hydrogen-bond acceptors (Lipinski definition) is 7. The number of nitrogens with one attached hydrogen (secondary N) is 1. The average Bonchev–Trinajstić information content (AvgIpc) is 3.17. The second kappa shape index (κ2) is 8.45. The van der Waals surface area contributed by atoms with Crippen LogP contribution in [0.3, 0.4) is 0 Å². The van der Waals surface area contributed by atoms with Crippen molar-refractivity contribution in [2.45, 2.75) is 0 Å². The lowest BCUT2D eigenvalue weighted by Crippen LogP contribution is -2.17.